The zero-order chi connectivity index (χ0) is 11.7. The standard InChI is InChI=1S/C12H20N4O/c1-9-13-12(17-15-9)5-7-16-6-4-11(8-16)14-10-2-3-10/h10-11,14H,2-8H2,1H3. The minimum atomic E-state index is 0.701. The minimum absolute atomic E-state index is 0.701. The van der Waals surface area contributed by atoms with Crippen LogP contribution < -0.4 is 5.32 Å². The van der Waals surface area contributed by atoms with E-state index < -0.39 is 0 Å². The van der Waals surface area contributed by atoms with Gasteiger partial charge < -0.3 is 14.7 Å². The summed E-state index contributed by atoms with van der Waals surface area (Å²) in [6, 6.07) is 1.52. The number of nitrogens with one attached hydrogen (secondary N) is 1. The van der Waals surface area contributed by atoms with E-state index in [0.717, 1.165) is 30.7 Å². The van der Waals surface area contributed by atoms with Crippen molar-refractivity contribution in [2.75, 3.05) is 19.6 Å². The van der Waals surface area contributed by atoms with Crippen LogP contribution in [0.15, 0.2) is 4.52 Å². The molecular weight excluding hydrogens is 216 g/mol. The summed E-state index contributed by atoms with van der Waals surface area (Å²) < 4.78 is 5.12. The van der Waals surface area contributed by atoms with Crippen LogP contribution in [-0.2, 0) is 6.42 Å². The van der Waals surface area contributed by atoms with E-state index >= 15 is 0 Å². The Balaban J connectivity index is 1.40. The summed E-state index contributed by atoms with van der Waals surface area (Å²) in [4.78, 5) is 6.71. The lowest BCUT2D eigenvalue weighted by molar-refractivity contribution is 0.304. The molecule has 1 atom stereocenters. The second kappa shape index (κ2) is 4.74. The van der Waals surface area contributed by atoms with E-state index in [9.17, 15) is 0 Å². The first-order valence-electron chi connectivity index (χ1n) is 6.57. The first-order chi connectivity index (χ1) is 8.29. The maximum Gasteiger partial charge on any atom is 0.227 e. The van der Waals surface area contributed by atoms with E-state index in [2.05, 4.69) is 20.4 Å². The van der Waals surface area contributed by atoms with Crippen molar-refractivity contribution >= 4 is 0 Å². The molecule has 3 rings (SSSR count). The molecule has 2 fully saturated rings. The Morgan fingerprint density at radius 3 is 2.94 bits per heavy atom. The largest absolute Gasteiger partial charge is 0.339 e. The molecule has 1 N–H and O–H groups in total. The minimum Gasteiger partial charge on any atom is -0.339 e. The molecular formula is C12H20N4O. The SMILES string of the molecule is Cc1noc(CCN2CCC(NC3CC3)C2)n1. The normalized spacial score (nSPS) is 25.6. The summed E-state index contributed by atoms with van der Waals surface area (Å²) in [5, 5.41) is 7.50. The fraction of sp³-hybridized carbons (Fsp3) is 0.833. The third kappa shape index (κ3) is 3.04. The number of hydrogen-bond donors (Lipinski definition) is 1. The van der Waals surface area contributed by atoms with E-state index in [-0.39, 0.29) is 0 Å². The molecule has 2 heterocycles. The average Bonchev–Trinajstić information content (AvgIpc) is 2.84. The molecule has 0 amide bonds. The van der Waals surface area contributed by atoms with Crippen LogP contribution in [0.5, 0.6) is 0 Å². The molecule has 1 aliphatic heterocycles. The van der Waals surface area contributed by atoms with Crippen molar-refractivity contribution in [3.63, 3.8) is 0 Å². The first kappa shape index (κ1) is 11.2. The molecule has 0 radical (unpaired) electrons. The topological polar surface area (TPSA) is 54.2 Å². The number of likely N-dealkylation sites (tertiary alicyclic amines) is 1. The summed E-state index contributed by atoms with van der Waals surface area (Å²) in [7, 11) is 0. The van der Waals surface area contributed by atoms with E-state index in [1.807, 2.05) is 6.92 Å². The molecule has 0 aromatic carbocycles. The van der Waals surface area contributed by atoms with Crippen LogP contribution in [0.4, 0.5) is 0 Å². The molecule has 1 saturated heterocycles. The fourth-order valence-electron chi connectivity index (χ4n) is 2.45. The molecule has 94 valence electrons. The maximum atomic E-state index is 5.12. The summed E-state index contributed by atoms with van der Waals surface area (Å²) in [5.74, 6) is 1.50. The number of aryl methyl sites for hydroxylation is 1. The molecule has 2 aliphatic rings. The maximum absolute atomic E-state index is 5.12. The monoisotopic (exact) mass is 236 g/mol. The molecule has 1 unspecified atom stereocenters. The molecule has 1 aliphatic carbocycles. The number of rotatable bonds is 5. The van der Waals surface area contributed by atoms with Gasteiger partial charge in [0.1, 0.15) is 0 Å². The second-order valence-electron chi connectivity index (χ2n) is 5.21. The summed E-state index contributed by atoms with van der Waals surface area (Å²) in [6.45, 7) is 5.25. The van der Waals surface area contributed by atoms with Crippen molar-refractivity contribution in [1.29, 1.82) is 0 Å². The quantitative estimate of drug-likeness (QED) is 0.817. The highest BCUT2D eigenvalue weighted by atomic mass is 16.5. The van der Waals surface area contributed by atoms with Gasteiger partial charge in [-0.05, 0) is 32.7 Å². The second-order valence-corrected chi connectivity index (χ2v) is 5.21. The number of nitrogens with zero attached hydrogens (tertiary/aromatic N) is 3. The van der Waals surface area contributed by atoms with Crippen LogP contribution in [0.3, 0.4) is 0 Å². The molecule has 1 aromatic rings. The molecule has 5 nitrogen and oxygen atoms in total. The molecule has 5 heteroatoms. The highest BCUT2D eigenvalue weighted by molar-refractivity contribution is 4.90. The fourth-order valence-corrected chi connectivity index (χ4v) is 2.45. The smallest absolute Gasteiger partial charge is 0.227 e. The van der Waals surface area contributed by atoms with Gasteiger partial charge >= 0.3 is 0 Å². The lowest BCUT2D eigenvalue weighted by Crippen LogP contribution is -2.34. The Kier molecular flexibility index (Phi) is 3.11. The zero-order valence-electron chi connectivity index (χ0n) is 10.4. The predicted octanol–water partition coefficient (Wildman–Crippen LogP) is 0.747. The van der Waals surface area contributed by atoms with E-state index in [1.165, 1.54) is 32.4 Å². The van der Waals surface area contributed by atoms with Gasteiger partial charge in [0, 0.05) is 31.6 Å². The van der Waals surface area contributed by atoms with Crippen molar-refractivity contribution in [2.24, 2.45) is 0 Å². The van der Waals surface area contributed by atoms with E-state index in [4.69, 9.17) is 4.52 Å². The molecule has 1 saturated carbocycles. The van der Waals surface area contributed by atoms with Gasteiger partial charge in [-0.25, -0.2) is 0 Å². The van der Waals surface area contributed by atoms with Gasteiger partial charge in [0.05, 0.1) is 0 Å². The van der Waals surface area contributed by atoms with Crippen LogP contribution in [0.25, 0.3) is 0 Å². The van der Waals surface area contributed by atoms with Crippen LogP contribution in [-0.4, -0.2) is 46.8 Å². The van der Waals surface area contributed by atoms with Crippen LogP contribution in [0.1, 0.15) is 31.0 Å². The van der Waals surface area contributed by atoms with Crippen LogP contribution in [0.2, 0.25) is 0 Å². The molecule has 17 heavy (non-hydrogen) atoms. The van der Waals surface area contributed by atoms with Crippen molar-refractivity contribution < 1.29 is 4.52 Å². The highest BCUT2D eigenvalue weighted by Crippen LogP contribution is 2.21. The highest BCUT2D eigenvalue weighted by Gasteiger charge is 2.28. The third-order valence-corrected chi connectivity index (χ3v) is 3.53. The summed E-state index contributed by atoms with van der Waals surface area (Å²) in [6.07, 6.45) is 4.89. The Labute approximate surface area is 102 Å². The Hall–Kier alpha value is -0.940. The van der Waals surface area contributed by atoms with Gasteiger partial charge in [-0.2, -0.15) is 4.98 Å². The Morgan fingerprint density at radius 2 is 2.24 bits per heavy atom. The van der Waals surface area contributed by atoms with Crippen molar-refractivity contribution in [2.45, 2.75) is 44.7 Å². The zero-order valence-corrected chi connectivity index (χ0v) is 10.4. The van der Waals surface area contributed by atoms with E-state index in [1.54, 1.807) is 0 Å². The lowest BCUT2D eigenvalue weighted by Gasteiger charge is -2.15. The third-order valence-electron chi connectivity index (χ3n) is 3.53. The molecule has 0 spiro atoms. The van der Waals surface area contributed by atoms with Crippen molar-refractivity contribution in [3.8, 4) is 0 Å². The number of hydrogen-bond acceptors (Lipinski definition) is 5. The van der Waals surface area contributed by atoms with Gasteiger partial charge in [-0.3, -0.25) is 0 Å². The summed E-state index contributed by atoms with van der Waals surface area (Å²) in [5.41, 5.74) is 0. The average molecular weight is 236 g/mol. The van der Waals surface area contributed by atoms with Gasteiger partial charge in [0.15, 0.2) is 5.82 Å². The predicted molar refractivity (Wildman–Crippen MR) is 63.7 cm³/mol. The molecule has 0 bridgehead atoms. The van der Waals surface area contributed by atoms with Gasteiger partial charge in [-0.1, -0.05) is 5.16 Å². The van der Waals surface area contributed by atoms with Crippen molar-refractivity contribution in [1.82, 2.24) is 20.4 Å². The van der Waals surface area contributed by atoms with E-state index in [0.29, 0.717) is 6.04 Å². The Bertz CT molecular complexity index is 374. The van der Waals surface area contributed by atoms with Gasteiger partial charge in [-0.15, -0.1) is 0 Å². The Morgan fingerprint density at radius 1 is 1.35 bits per heavy atom. The lowest BCUT2D eigenvalue weighted by atomic mass is 10.2. The van der Waals surface area contributed by atoms with Crippen LogP contribution >= 0.6 is 0 Å². The van der Waals surface area contributed by atoms with Gasteiger partial charge in [0.25, 0.3) is 0 Å². The van der Waals surface area contributed by atoms with Crippen molar-refractivity contribution in [3.05, 3.63) is 11.7 Å². The first-order valence-corrected chi connectivity index (χ1v) is 6.57. The number of aromatic nitrogens is 2. The van der Waals surface area contributed by atoms with Crippen LogP contribution in [0, 0.1) is 6.92 Å². The molecule has 1 aromatic heterocycles. The summed E-state index contributed by atoms with van der Waals surface area (Å²) >= 11 is 0. The van der Waals surface area contributed by atoms with Gasteiger partial charge in [0.2, 0.25) is 5.89 Å².